The van der Waals surface area contributed by atoms with E-state index in [-0.39, 0.29) is 11.0 Å². The van der Waals surface area contributed by atoms with Crippen molar-refractivity contribution in [2.24, 2.45) is 0 Å². The Bertz CT molecular complexity index is 1240. The molecule has 1 fully saturated rings. The van der Waals surface area contributed by atoms with E-state index in [1.165, 1.54) is 19.4 Å². The highest BCUT2D eigenvalue weighted by molar-refractivity contribution is 7.99. The van der Waals surface area contributed by atoms with Crippen LogP contribution in [-0.2, 0) is 0 Å². The van der Waals surface area contributed by atoms with Gasteiger partial charge in [0.2, 0.25) is 5.88 Å². The number of aromatic amines is 1. The third kappa shape index (κ3) is 5.41. The van der Waals surface area contributed by atoms with Crippen LogP contribution in [0.5, 0.6) is 5.88 Å². The van der Waals surface area contributed by atoms with Gasteiger partial charge in [-0.15, -0.1) is 0 Å². The Morgan fingerprint density at radius 3 is 2.74 bits per heavy atom. The summed E-state index contributed by atoms with van der Waals surface area (Å²) in [6.07, 6.45) is 4.64. The lowest BCUT2D eigenvalue weighted by Gasteiger charge is -2.33. The van der Waals surface area contributed by atoms with E-state index in [1.54, 1.807) is 24.4 Å². The molecule has 0 saturated carbocycles. The molecule has 0 unspecified atom stereocenters. The van der Waals surface area contributed by atoms with E-state index in [0.29, 0.717) is 28.0 Å². The third-order valence-corrected chi connectivity index (χ3v) is 5.96. The average molecular weight is 481 g/mol. The topological polar surface area (TPSA) is 129 Å². The number of carbonyl (C=O) groups is 1. The van der Waals surface area contributed by atoms with Gasteiger partial charge in [-0.2, -0.15) is 4.98 Å². The number of H-pyrrole nitrogens is 1. The summed E-state index contributed by atoms with van der Waals surface area (Å²) in [5, 5.41) is 3.25. The molecule has 0 radical (unpaired) electrons. The SMILES string of the molecule is C=Cc1nc(Sc2nc(NC(=O)c3cccnc3)cc(=O)[nH]2)c(OC)nc1N1CCN(C)CC1. The second-order valence-corrected chi connectivity index (χ2v) is 8.45. The molecule has 0 atom stereocenters. The number of pyridine rings is 1. The highest BCUT2D eigenvalue weighted by Gasteiger charge is 2.22. The number of nitrogens with zero attached hydrogens (tertiary/aromatic N) is 6. The molecule has 4 rings (SSSR count). The zero-order valence-electron chi connectivity index (χ0n) is 18.8. The van der Waals surface area contributed by atoms with Crippen LogP contribution in [0, 0.1) is 0 Å². The first-order valence-corrected chi connectivity index (χ1v) is 11.3. The van der Waals surface area contributed by atoms with Gasteiger partial charge in [0.05, 0.1) is 12.7 Å². The number of hydrogen-bond donors (Lipinski definition) is 2. The molecule has 176 valence electrons. The van der Waals surface area contributed by atoms with Crippen LogP contribution in [0.15, 0.2) is 52.1 Å². The first kappa shape index (κ1) is 23.4. The number of methoxy groups -OCH3 is 1. The molecule has 11 nitrogen and oxygen atoms in total. The minimum absolute atomic E-state index is 0.102. The Morgan fingerprint density at radius 1 is 1.26 bits per heavy atom. The molecule has 3 aromatic rings. The minimum Gasteiger partial charge on any atom is -0.479 e. The molecule has 34 heavy (non-hydrogen) atoms. The van der Waals surface area contributed by atoms with Gasteiger partial charge in [0.1, 0.15) is 11.5 Å². The predicted octanol–water partition coefficient (Wildman–Crippen LogP) is 1.76. The number of rotatable bonds is 7. The van der Waals surface area contributed by atoms with Crippen LogP contribution in [0.2, 0.25) is 0 Å². The number of carbonyl (C=O) groups excluding carboxylic acids is 1. The molecule has 12 heteroatoms. The first-order valence-electron chi connectivity index (χ1n) is 10.5. The van der Waals surface area contributed by atoms with Crippen molar-refractivity contribution in [3.63, 3.8) is 0 Å². The molecular formula is C22H24N8O3S. The lowest BCUT2D eigenvalue weighted by molar-refractivity contribution is 0.102. The van der Waals surface area contributed by atoms with Gasteiger partial charge < -0.3 is 24.8 Å². The maximum Gasteiger partial charge on any atom is 0.258 e. The molecule has 0 bridgehead atoms. The second kappa shape index (κ2) is 10.4. The summed E-state index contributed by atoms with van der Waals surface area (Å²) >= 11 is 1.07. The summed E-state index contributed by atoms with van der Waals surface area (Å²) in [5.74, 6) is 0.676. The molecule has 1 aliphatic rings. The van der Waals surface area contributed by atoms with Crippen molar-refractivity contribution in [2.75, 3.05) is 50.6 Å². The summed E-state index contributed by atoms with van der Waals surface area (Å²) in [7, 11) is 3.59. The van der Waals surface area contributed by atoms with Crippen molar-refractivity contribution in [3.05, 3.63) is 58.8 Å². The largest absolute Gasteiger partial charge is 0.479 e. The lowest BCUT2D eigenvalue weighted by Crippen LogP contribution is -2.45. The van der Waals surface area contributed by atoms with Crippen molar-refractivity contribution >= 4 is 35.4 Å². The number of anilines is 2. The lowest BCUT2D eigenvalue weighted by atomic mass is 10.3. The van der Waals surface area contributed by atoms with Crippen LogP contribution in [0.1, 0.15) is 16.1 Å². The van der Waals surface area contributed by atoms with Gasteiger partial charge in [-0.05, 0) is 37.0 Å². The number of piperazine rings is 1. The zero-order chi connectivity index (χ0) is 24.1. The molecule has 1 saturated heterocycles. The van der Waals surface area contributed by atoms with Crippen molar-refractivity contribution < 1.29 is 9.53 Å². The van der Waals surface area contributed by atoms with Gasteiger partial charge in [0.15, 0.2) is 16.0 Å². The molecule has 3 aromatic heterocycles. The molecule has 0 spiro atoms. The van der Waals surface area contributed by atoms with Gasteiger partial charge in [0, 0.05) is 44.6 Å². The van der Waals surface area contributed by atoms with Crippen molar-refractivity contribution in [1.29, 1.82) is 0 Å². The fourth-order valence-corrected chi connectivity index (χ4v) is 4.16. The normalized spacial score (nSPS) is 14.0. The number of aromatic nitrogens is 5. The van der Waals surface area contributed by atoms with E-state index in [4.69, 9.17) is 4.74 Å². The molecule has 0 aromatic carbocycles. The molecule has 2 N–H and O–H groups in total. The monoisotopic (exact) mass is 480 g/mol. The number of amides is 1. The molecule has 4 heterocycles. The van der Waals surface area contributed by atoms with Crippen LogP contribution >= 0.6 is 11.8 Å². The van der Waals surface area contributed by atoms with Gasteiger partial charge in [-0.3, -0.25) is 14.6 Å². The van der Waals surface area contributed by atoms with Gasteiger partial charge in [0.25, 0.3) is 11.5 Å². The molecule has 0 aliphatic carbocycles. The van der Waals surface area contributed by atoms with Gasteiger partial charge in [-0.1, -0.05) is 6.58 Å². The Labute approximate surface area is 200 Å². The maximum atomic E-state index is 12.4. The number of ether oxygens (including phenoxy) is 1. The Kier molecular flexibility index (Phi) is 7.18. The van der Waals surface area contributed by atoms with Crippen LogP contribution < -0.4 is 20.5 Å². The summed E-state index contributed by atoms with van der Waals surface area (Å²) in [4.78, 5) is 49.3. The first-order chi connectivity index (χ1) is 16.5. The van der Waals surface area contributed by atoms with Crippen LogP contribution in [-0.4, -0.2) is 76.1 Å². The van der Waals surface area contributed by atoms with E-state index in [2.05, 4.69) is 53.7 Å². The van der Waals surface area contributed by atoms with Gasteiger partial charge >= 0.3 is 0 Å². The fourth-order valence-electron chi connectivity index (χ4n) is 3.32. The van der Waals surface area contributed by atoms with E-state index in [0.717, 1.165) is 37.9 Å². The third-order valence-electron chi connectivity index (χ3n) is 5.11. The number of hydrogen-bond acceptors (Lipinski definition) is 10. The Balaban J connectivity index is 1.60. The summed E-state index contributed by atoms with van der Waals surface area (Å²) in [6.45, 7) is 7.34. The fraction of sp³-hybridized carbons (Fsp3) is 0.273. The minimum atomic E-state index is -0.427. The maximum absolute atomic E-state index is 12.4. The van der Waals surface area contributed by atoms with Crippen molar-refractivity contribution in [2.45, 2.75) is 10.2 Å². The summed E-state index contributed by atoms with van der Waals surface area (Å²) < 4.78 is 5.49. The number of likely N-dealkylation sites (N-methyl/N-ethyl adjacent to an activating group) is 1. The Morgan fingerprint density at radius 2 is 2.06 bits per heavy atom. The Hall–Kier alpha value is -3.77. The smallest absolute Gasteiger partial charge is 0.258 e. The van der Waals surface area contributed by atoms with Crippen LogP contribution in [0.3, 0.4) is 0 Å². The van der Waals surface area contributed by atoms with Gasteiger partial charge in [-0.25, -0.2) is 9.97 Å². The van der Waals surface area contributed by atoms with Crippen molar-refractivity contribution in [3.8, 4) is 5.88 Å². The molecular weight excluding hydrogens is 456 g/mol. The highest BCUT2D eigenvalue weighted by Crippen LogP contribution is 2.33. The van der Waals surface area contributed by atoms with Crippen LogP contribution in [0.4, 0.5) is 11.6 Å². The van der Waals surface area contributed by atoms with E-state index in [1.807, 2.05) is 0 Å². The second-order valence-electron chi connectivity index (χ2n) is 7.48. The zero-order valence-corrected chi connectivity index (χ0v) is 19.6. The predicted molar refractivity (Wildman–Crippen MR) is 130 cm³/mol. The van der Waals surface area contributed by atoms with E-state index < -0.39 is 11.5 Å². The molecule has 1 aliphatic heterocycles. The molecule has 1 amide bonds. The van der Waals surface area contributed by atoms with E-state index in [9.17, 15) is 9.59 Å². The quantitative estimate of drug-likeness (QED) is 0.483. The van der Waals surface area contributed by atoms with E-state index >= 15 is 0 Å². The summed E-state index contributed by atoms with van der Waals surface area (Å²) in [6, 6.07) is 4.46. The van der Waals surface area contributed by atoms with Crippen molar-refractivity contribution in [1.82, 2.24) is 29.8 Å². The standard InChI is InChI=1S/C22H24N8O3S/c1-4-15-18(30-10-8-29(2)9-11-30)28-20(33-3)21(24-15)34-22-26-16(12-17(31)27-22)25-19(32)14-6-5-7-23-13-14/h4-7,12-13H,1,8-11H2,2-3H3,(H2,25,26,27,31,32). The highest BCUT2D eigenvalue weighted by atomic mass is 32.2. The van der Waals surface area contributed by atoms with Crippen LogP contribution in [0.25, 0.3) is 6.08 Å². The average Bonchev–Trinajstić information content (AvgIpc) is 2.84. The number of nitrogens with one attached hydrogen (secondary N) is 2. The summed E-state index contributed by atoms with van der Waals surface area (Å²) in [5.41, 5.74) is 0.529.